The van der Waals surface area contributed by atoms with Gasteiger partial charge in [0.25, 0.3) is 0 Å². The predicted octanol–water partition coefficient (Wildman–Crippen LogP) is 2.39. The molecule has 0 bridgehead atoms. The Morgan fingerprint density at radius 2 is 2.38 bits per heavy atom. The van der Waals surface area contributed by atoms with Gasteiger partial charge in [-0.2, -0.15) is 10.4 Å². The van der Waals surface area contributed by atoms with Crippen LogP contribution in [-0.2, 0) is 9.47 Å². The number of nitrogens with zero attached hydrogens (tertiary/aromatic N) is 3. The van der Waals surface area contributed by atoms with Crippen molar-refractivity contribution in [1.29, 1.82) is 5.26 Å². The molecule has 6 heteroatoms. The molecule has 2 heterocycles. The van der Waals surface area contributed by atoms with E-state index < -0.39 is 5.97 Å². The first-order valence-corrected chi connectivity index (χ1v) is 6.87. The fourth-order valence-corrected chi connectivity index (χ4v) is 2.60. The molecular weight excluding hydrogens is 270 g/mol. The zero-order chi connectivity index (χ0) is 14.8. The first-order valence-electron chi connectivity index (χ1n) is 6.87. The van der Waals surface area contributed by atoms with Gasteiger partial charge in [0.05, 0.1) is 18.2 Å². The van der Waals surface area contributed by atoms with Crippen LogP contribution in [0.25, 0.3) is 10.9 Å². The zero-order valence-corrected chi connectivity index (χ0v) is 11.7. The summed E-state index contributed by atoms with van der Waals surface area (Å²) in [6, 6.07) is 7.18. The summed E-state index contributed by atoms with van der Waals surface area (Å²) in [5, 5.41) is 14.2. The monoisotopic (exact) mass is 285 g/mol. The molecule has 0 spiro atoms. The maximum atomic E-state index is 11.6. The lowest BCUT2D eigenvalue weighted by Gasteiger charge is -2.23. The van der Waals surface area contributed by atoms with Crippen LogP contribution in [0.15, 0.2) is 18.2 Å². The molecule has 0 radical (unpaired) electrons. The van der Waals surface area contributed by atoms with Crippen molar-refractivity contribution in [2.24, 2.45) is 0 Å². The summed E-state index contributed by atoms with van der Waals surface area (Å²) in [5.74, 6) is -0.428. The Kier molecular flexibility index (Phi) is 3.59. The van der Waals surface area contributed by atoms with Gasteiger partial charge in [-0.3, -0.25) is 0 Å². The number of rotatable bonds is 2. The summed E-state index contributed by atoms with van der Waals surface area (Å²) in [6.07, 6.45) is 2.86. The van der Waals surface area contributed by atoms with Crippen molar-refractivity contribution in [3.63, 3.8) is 0 Å². The Bertz CT molecular complexity index is 724. The van der Waals surface area contributed by atoms with E-state index in [1.54, 1.807) is 22.9 Å². The second kappa shape index (κ2) is 5.54. The molecule has 1 aliphatic rings. The van der Waals surface area contributed by atoms with Crippen LogP contribution < -0.4 is 0 Å². The van der Waals surface area contributed by atoms with E-state index >= 15 is 0 Å². The fraction of sp³-hybridized carbons (Fsp3) is 0.400. The molecule has 0 aliphatic carbocycles. The van der Waals surface area contributed by atoms with Gasteiger partial charge in [0.1, 0.15) is 6.07 Å². The molecule has 1 aliphatic heterocycles. The van der Waals surface area contributed by atoms with Crippen molar-refractivity contribution in [3.8, 4) is 6.07 Å². The van der Waals surface area contributed by atoms with Crippen molar-refractivity contribution in [2.75, 3.05) is 13.7 Å². The van der Waals surface area contributed by atoms with E-state index in [0.717, 1.165) is 24.8 Å². The Balaban J connectivity index is 2.11. The van der Waals surface area contributed by atoms with Crippen molar-refractivity contribution in [3.05, 3.63) is 29.5 Å². The molecule has 0 saturated carbocycles. The maximum Gasteiger partial charge on any atom is 0.337 e. The molecule has 2 aromatic rings. The Hall–Kier alpha value is -2.39. The second-order valence-electron chi connectivity index (χ2n) is 4.95. The average molecular weight is 285 g/mol. The number of carbonyl (C=O) groups excluding carboxylic acids is 1. The van der Waals surface area contributed by atoms with Crippen LogP contribution in [0.4, 0.5) is 0 Å². The van der Waals surface area contributed by atoms with Crippen LogP contribution in [0.3, 0.4) is 0 Å². The van der Waals surface area contributed by atoms with Gasteiger partial charge >= 0.3 is 5.97 Å². The van der Waals surface area contributed by atoms with E-state index in [-0.39, 0.29) is 6.23 Å². The Labute approximate surface area is 121 Å². The van der Waals surface area contributed by atoms with Crippen LogP contribution in [0.2, 0.25) is 0 Å². The summed E-state index contributed by atoms with van der Waals surface area (Å²) in [7, 11) is 1.33. The summed E-state index contributed by atoms with van der Waals surface area (Å²) in [6.45, 7) is 0.703. The van der Waals surface area contributed by atoms with Gasteiger partial charge in [-0.25, -0.2) is 9.48 Å². The number of nitriles is 1. The lowest BCUT2D eigenvalue weighted by atomic mass is 10.1. The quantitative estimate of drug-likeness (QED) is 0.792. The van der Waals surface area contributed by atoms with E-state index in [1.807, 2.05) is 0 Å². The minimum atomic E-state index is -0.428. The van der Waals surface area contributed by atoms with E-state index in [2.05, 4.69) is 11.2 Å². The molecule has 3 rings (SSSR count). The van der Waals surface area contributed by atoms with E-state index in [0.29, 0.717) is 23.3 Å². The number of methoxy groups -OCH3 is 1. The van der Waals surface area contributed by atoms with Gasteiger partial charge in [0.15, 0.2) is 11.9 Å². The number of hydrogen-bond acceptors (Lipinski definition) is 5. The molecule has 1 fully saturated rings. The third-order valence-corrected chi connectivity index (χ3v) is 3.66. The van der Waals surface area contributed by atoms with Gasteiger partial charge in [-0.05, 0) is 37.5 Å². The van der Waals surface area contributed by atoms with Crippen molar-refractivity contribution in [1.82, 2.24) is 9.78 Å². The number of fused-ring (bicyclic) bond motifs is 1. The molecule has 6 nitrogen and oxygen atoms in total. The number of hydrogen-bond donors (Lipinski definition) is 0. The van der Waals surface area contributed by atoms with Gasteiger partial charge < -0.3 is 9.47 Å². The maximum absolute atomic E-state index is 11.6. The van der Waals surface area contributed by atoms with E-state index in [1.165, 1.54) is 7.11 Å². The molecule has 1 saturated heterocycles. The molecule has 0 unspecified atom stereocenters. The van der Waals surface area contributed by atoms with Crippen molar-refractivity contribution in [2.45, 2.75) is 25.5 Å². The zero-order valence-electron chi connectivity index (χ0n) is 11.7. The van der Waals surface area contributed by atoms with Gasteiger partial charge in [0, 0.05) is 12.0 Å². The third-order valence-electron chi connectivity index (χ3n) is 3.66. The van der Waals surface area contributed by atoms with Crippen LogP contribution >= 0.6 is 0 Å². The van der Waals surface area contributed by atoms with Crippen LogP contribution in [0.1, 0.15) is 41.5 Å². The highest BCUT2D eigenvalue weighted by molar-refractivity contribution is 5.96. The van der Waals surface area contributed by atoms with Crippen molar-refractivity contribution < 1.29 is 14.3 Å². The Morgan fingerprint density at radius 1 is 1.52 bits per heavy atom. The smallest absolute Gasteiger partial charge is 0.337 e. The summed E-state index contributed by atoms with van der Waals surface area (Å²) in [5.41, 5.74) is 1.50. The molecule has 0 N–H and O–H groups in total. The first kappa shape index (κ1) is 13.6. The predicted molar refractivity (Wildman–Crippen MR) is 74.6 cm³/mol. The number of ether oxygens (including phenoxy) is 2. The summed E-state index contributed by atoms with van der Waals surface area (Å²) in [4.78, 5) is 11.6. The van der Waals surface area contributed by atoms with Crippen LogP contribution in [0, 0.1) is 11.3 Å². The first-order chi connectivity index (χ1) is 10.2. The molecule has 108 valence electrons. The van der Waals surface area contributed by atoms with Crippen LogP contribution in [-0.4, -0.2) is 29.5 Å². The topological polar surface area (TPSA) is 77.1 Å². The van der Waals surface area contributed by atoms with E-state index in [4.69, 9.17) is 9.47 Å². The Morgan fingerprint density at radius 3 is 3.05 bits per heavy atom. The average Bonchev–Trinajstić information content (AvgIpc) is 2.92. The SMILES string of the molecule is COC(=O)c1ccc2c(c1)c(C#N)nn2[C@@H]1CCCCO1. The lowest BCUT2D eigenvalue weighted by Crippen LogP contribution is -2.19. The van der Waals surface area contributed by atoms with Gasteiger partial charge in [-0.1, -0.05) is 0 Å². The molecule has 0 amide bonds. The van der Waals surface area contributed by atoms with Gasteiger partial charge in [0.2, 0.25) is 0 Å². The normalized spacial score (nSPS) is 18.4. The lowest BCUT2D eigenvalue weighted by molar-refractivity contribution is -0.0367. The van der Waals surface area contributed by atoms with Crippen LogP contribution in [0.5, 0.6) is 0 Å². The highest BCUT2D eigenvalue weighted by atomic mass is 16.5. The largest absolute Gasteiger partial charge is 0.465 e. The number of aromatic nitrogens is 2. The van der Waals surface area contributed by atoms with E-state index in [9.17, 15) is 10.1 Å². The minimum absolute atomic E-state index is 0.146. The highest BCUT2D eigenvalue weighted by Gasteiger charge is 2.21. The third kappa shape index (κ3) is 2.36. The minimum Gasteiger partial charge on any atom is -0.465 e. The summed E-state index contributed by atoms with van der Waals surface area (Å²) < 4.78 is 12.2. The second-order valence-corrected chi connectivity index (χ2v) is 4.95. The van der Waals surface area contributed by atoms with Crippen molar-refractivity contribution >= 4 is 16.9 Å². The number of carbonyl (C=O) groups is 1. The molecule has 21 heavy (non-hydrogen) atoms. The standard InChI is InChI=1S/C15H15N3O3/c1-20-15(19)10-5-6-13-11(8-10)12(9-16)17-18(13)14-4-2-3-7-21-14/h5-6,8,14H,2-4,7H2,1H3/t14-/m0/s1. The molecular formula is C15H15N3O3. The highest BCUT2D eigenvalue weighted by Crippen LogP contribution is 2.28. The molecule has 1 atom stereocenters. The number of benzene rings is 1. The fourth-order valence-electron chi connectivity index (χ4n) is 2.60. The number of esters is 1. The molecule has 1 aromatic heterocycles. The summed E-state index contributed by atoms with van der Waals surface area (Å²) >= 11 is 0. The van der Waals surface area contributed by atoms with Gasteiger partial charge in [-0.15, -0.1) is 0 Å². The molecule has 1 aromatic carbocycles.